The fourth-order valence-corrected chi connectivity index (χ4v) is 2.86. The lowest BCUT2D eigenvalue weighted by molar-refractivity contribution is 0.210. The number of rotatable bonds is 6. The lowest BCUT2D eigenvalue weighted by atomic mass is 9.70. The molecule has 112 valence electrons. The van der Waals surface area contributed by atoms with Crippen LogP contribution in [0, 0.1) is 0 Å². The van der Waals surface area contributed by atoms with Gasteiger partial charge in [-0.1, -0.05) is 24.3 Å². The van der Waals surface area contributed by atoms with Gasteiger partial charge < -0.3 is 21.7 Å². The van der Waals surface area contributed by atoms with Crippen molar-refractivity contribution in [3.05, 3.63) is 59.7 Å². The molecular weight excluding hydrogens is 264 g/mol. The Bertz CT molecular complexity index is 511. The number of nitrogens with two attached hydrogens (primary N) is 2. The Kier molecular flexibility index (Phi) is 4.83. The third kappa shape index (κ3) is 3.17. The highest BCUT2D eigenvalue weighted by molar-refractivity contribution is 5.48. The molecule has 0 aromatic heterocycles. The predicted octanol–water partition coefficient (Wildman–Crippen LogP) is 1.90. The Morgan fingerprint density at radius 3 is 1.29 bits per heavy atom. The van der Waals surface area contributed by atoms with Gasteiger partial charge in [0, 0.05) is 30.0 Å². The molecule has 0 aliphatic rings. The summed E-state index contributed by atoms with van der Waals surface area (Å²) in [6, 6.07) is 15.2. The molecule has 21 heavy (non-hydrogen) atoms. The van der Waals surface area contributed by atoms with Gasteiger partial charge in [0.1, 0.15) is 0 Å². The second kappa shape index (κ2) is 6.61. The molecule has 0 heterocycles. The highest BCUT2D eigenvalue weighted by Gasteiger charge is 2.33. The summed E-state index contributed by atoms with van der Waals surface area (Å²) in [5, 5.41) is 19.1. The van der Waals surface area contributed by atoms with Gasteiger partial charge in [0.2, 0.25) is 0 Å². The van der Waals surface area contributed by atoms with Crippen LogP contribution < -0.4 is 11.5 Å². The molecule has 0 fully saturated rings. The zero-order chi connectivity index (χ0) is 15.3. The van der Waals surface area contributed by atoms with Crippen LogP contribution in [-0.2, 0) is 5.41 Å². The van der Waals surface area contributed by atoms with Gasteiger partial charge in [-0.2, -0.15) is 0 Å². The zero-order valence-corrected chi connectivity index (χ0v) is 12.0. The minimum absolute atomic E-state index is 0.0365. The van der Waals surface area contributed by atoms with E-state index >= 15 is 0 Å². The molecule has 2 aromatic rings. The molecule has 4 nitrogen and oxygen atoms in total. The number of hydrogen-bond donors (Lipinski definition) is 4. The Morgan fingerprint density at radius 1 is 0.667 bits per heavy atom. The van der Waals surface area contributed by atoms with Crippen molar-refractivity contribution >= 4 is 11.4 Å². The predicted molar refractivity (Wildman–Crippen MR) is 85.9 cm³/mol. The van der Waals surface area contributed by atoms with Crippen LogP contribution in [0.5, 0.6) is 0 Å². The molecular formula is C17H22N2O2. The van der Waals surface area contributed by atoms with E-state index in [9.17, 15) is 10.2 Å². The first-order valence-electron chi connectivity index (χ1n) is 7.06. The number of nitrogen functional groups attached to an aromatic ring is 2. The van der Waals surface area contributed by atoms with Crippen molar-refractivity contribution in [1.82, 2.24) is 0 Å². The summed E-state index contributed by atoms with van der Waals surface area (Å²) in [4.78, 5) is 0. The number of aliphatic hydroxyl groups is 2. The molecule has 0 amide bonds. The first-order valence-corrected chi connectivity index (χ1v) is 7.06. The van der Waals surface area contributed by atoms with Gasteiger partial charge in [-0.15, -0.1) is 0 Å². The number of hydrogen-bond acceptors (Lipinski definition) is 4. The van der Waals surface area contributed by atoms with E-state index in [1.165, 1.54) is 0 Å². The second-order valence-corrected chi connectivity index (χ2v) is 5.27. The molecule has 0 atom stereocenters. The van der Waals surface area contributed by atoms with Gasteiger partial charge in [-0.25, -0.2) is 0 Å². The third-order valence-corrected chi connectivity index (χ3v) is 4.00. The third-order valence-electron chi connectivity index (χ3n) is 4.00. The van der Waals surface area contributed by atoms with Crippen molar-refractivity contribution in [2.75, 3.05) is 24.7 Å². The number of anilines is 2. The maximum atomic E-state index is 9.53. The summed E-state index contributed by atoms with van der Waals surface area (Å²) in [5.41, 5.74) is 14.5. The summed E-state index contributed by atoms with van der Waals surface area (Å²) in [5.74, 6) is 0. The minimum Gasteiger partial charge on any atom is -0.399 e. The van der Waals surface area contributed by atoms with E-state index in [1.807, 2.05) is 48.5 Å². The van der Waals surface area contributed by atoms with Crippen LogP contribution in [0.2, 0.25) is 0 Å². The van der Waals surface area contributed by atoms with Crippen LogP contribution in [0.4, 0.5) is 11.4 Å². The van der Waals surface area contributed by atoms with E-state index in [1.54, 1.807) is 0 Å². The molecule has 0 radical (unpaired) electrons. The maximum Gasteiger partial charge on any atom is 0.0442 e. The molecule has 0 unspecified atom stereocenters. The van der Waals surface area contributed by atoms with Crippen molar-refractivity contribution in [2.45, 2.75) is 18.3 Å². The van der Waals surface area contributed by atoms with Crippen molar-refractivity contribution in [1.29, 1.82) is 0 Å². The largest absolute Gasteiger partial charge is 0.399 e. The van der Waals surface area contributed by atoms with Crippen LogP contribution in [0.15, 0.2) is 48.5 Å². The fourth-order valence-electron chi connectivity index (χ4n) is 2.86. The van der Waals surface area contributed by atoms with E-state index in [-0.39, 0.29) is 13.2 Å². The van der Waals surface area contributed by atoms with Crippen molar-refractivity contribution < 1.29 is 10.2 Å². The molecule has 2 rings (SSSR count). The summed E-state index contributed by atoms with van der Waals surface area (Å²) < 4.78 is 0. The molecule has 0 aliphatic carbocycles. The van der Waals surface area contributed by atoms with E-state index in [0.717, 1.165) is 11.1 Å². The normalized spacial score (nSPS) is 11.5. The standard InChI is InChI=1S/C17H22N2O2/c18-15-5-1-13(2-6-15)17(9-11-20,10-12-21)14-3-7-16(19)8-4-14/h1-8,20-21H,9-12,18-19H2. The van der Waals surface area contributed by atoms with Crippen LogP contribution >= 0.6 is 0 Å². The topological polar surface area (TPSA) is 92.5 Å². The van der Waals surface area contributed by atoms with Gasteiger partial charge in [0.05, 0.1) is 0 Å². The smallest absolute Gasteiger partial charge is 0.0442 e. The number of aliphatic hydroxyl groups excluding tert-OH is 2. The van der Waals surface area contributed by atoms with Gasteiger partial charge in [-0.05, 0) is 48.2 Å². The fraction of sp³-hybridized carbons (Fsp3) is 0.294. The average molecular weight is 286 g/mol. The van der Waals surface area contributed by atoms with Gasteiger partial charge in [0.25, 0.3) is 0 Å². The van der Waals surface area contributed by atoms with E-state index in [0.29, 0.717) is 24.2 Å². The zero-order valence-electron chi connectivity index (χ0n) is 12.0. The Labute approximate surface area is 125 Å². The first kappa shape index (κ1) is 15.4. The summed E-state index contributed by atoms with van der Waals surface area (Å²) in [6.45, 7) is 0.0729. The average Bonchev–Trinajstić information content (AvgIpc) is 2.48. The Morgan fingerprint density at radius 2 is 1.00 bits per heavy atom. The van der Waals surface area contributed by atoms with Crippen molar-refractivity contribution in [3.63, 3.8) is 0 Å². The number of benzene rings is 2. The lowest BCUT2D eigenvalue weighted by Crippen LogP contribution is -2.30. The summed E-state index contributed by atoms with van der Waals surface area (Å²) >= 11 is 0. The van der Waals surface area contributed by atoms with Gasteiger partial charge >= 0.3 is 0 Å². The molecule has 0 bridgehead atoms. The Hall–Kier alpha value is -2.04. The SMILES string of the molecule is Nc1ccc(C(CCO)(CCO)c2ccc(N)cc2)cc1. The molecule has 4 heteroatoms. The van der Waals surface area contributed by atoms with Crippen LogP contribution in [0.3, 0.4) is 0 Å². The van der Waals surface area contributed by atoms with E-state index < -0.39 is 5.41 Å². The second-order valence-electron chi connectivity index (χ2n) is 5.27. The van der Waals surface area contributed by atoms with Crippen LogP contribution in [0.1, 0.15) is 24.0 Å². The van der Waals surface area contributed by atoms with Crippen LogP contribution in [-0.4, -0.2) is 23.4 Å². The molecule has 2 aromatic carbocycles. The summed E-state index contributed by atoms with van der Waals surface area (Å²) in [7, 11) is 0. The lowest BCUT2D eigenvalue weighted by Gasteiger charge is -2.34. The summed E-state index contributed by atoms with van der Waals surface area (Å²) in [6.07, 6.45) is 1.06. The van der Waals surface area contributed by atoms with Crippen molar-refractivity contribution in [3.8, 4) is 0 Å². The quantitative estimate of drug-likeness (QED) is 0.610. The van der Waals surface area contributed by atoms with Gasteiger partial charge in [-0.3, -0.25) is 0 Å². The highest BCUT2D eigenvalue weighted by atomic mass is 16.3. The molecule has 0 saturated heterocycles. The molecule has 0 aliphatic heterocycles. The molecule has 0 spiro atoms. The monoisotopic (exact) mass is 286 g/mol. The minimum atomic E-state index is -0.440. The molecule has 0 saturated carbocycles. The first-order chi connectivity index (χ1) is 10.1. The Balaban J connectivity index is 2.56. The maximum absolute atomic E-state index is 9.53. The highest BCUT2D eigenvalue weighted by Crippen LogP contribution is 2.39. The van der Waals surface area contributed by atoms with Crippen LogP contribution in [0.25, 0.3) is 0 Å². The van der Waals surface area contributed by atoms with Gasteiger partial charge in [0.15, 0.2) is 0 Å². The van der Waals surface area contributed by atoms with E-state index in [4.69, 9.17) is 11.5 Å². The van der Waals surface area contributed by atoms with Crippen molar-refractivity contribution in [2.24, 2.45) is 0 Å². The van der Waals surface area contributed by atoms with E-state index in [2.05, 4.69) is 0 Å². The molecule has 6 N–H and O–H groups in total.